The van der Waals surface area contributed by atoms with Crippen LogP contribution in [0.1, 0.15) is 48.7 Å². The van der Waals surface area contributed by atoms with Crippen LogP contribution in [0.3, 0.4) is 0 Å². The number of unbranched alkanes of at least 4 members (excludes halogenated alkanes) is 1. The van der Waals surface area contributed by atoms with Gasteiger partial charge in [-0.1, -0.05) is 13.3 Å². The van der Waals surface area contributed by atoms with Gasteiger partial charge >= 0.3 is 0 Å². The van der Waals surface area contributed by atoms with Gasteiger partial charge in [0, 0.05) is 31.0 Å². The second-order valence-electron chi connectivity index (χ2n) is 6.29. The Morgan fingerprint density at radius 1 is 1.27 bits per heavy atom. The minimum absolute atomic E-state index is 1.03. The van der Waals surface area contributed by atoms with Crippen molar-refractivity contribution < 1.29 is 0 Å². The molecule has 22 heavy (non-hydrogen) atoms. The zero-order chi connectivity index (χ0) is 15.7. The zero-order valence-corrected chi connectivity index (χ0v) is 14.2. The van der Waals surface area contributed by atoms with E-state index >= 15 is 0 Å². The van der Waals surface area contributed by atoms with E-state index in [9.17, 15) is 0 Å². The van der Waals surface area contributed by atoms with E-state index in [2.05, 4.69) is 48.5 Å². The highest BCUT2D eigenvalue weighted by molar-refractivity contribution is 5.69. The maximum atomic E-state index is 4.86. The zero-order valence-electron chi connectivity index (χ0n) is 14.2. The molecule has 0 saturated carbocycles. The van der Waals surface area contributed by atoms with Crippen molar-refractivity contribution in [3.05, 3.63) is 34.8 Å². The van der Waals surface area contributed by atoms with Crippen LogP contribution in [0.15, 0.2) is 12.3 Å². The van der Waals surface area contributed by atoms with E-state index in [1.165, 1.54) is 41.8 Å². The Balaban J connectivity index is 2.05. The van der Waals surface area contributed by atoms with E-state index in [0.29, 0.717) is 0 Å². The van der Waals surface area contributed by atoms with Crippen LogP contribution in [0.25, 0.3) is 0 Å². The van der Waals surface area contributed by atoms with Crippen molar-refractivity contribution in [1.82, 2.24) is 14.8 Å². The third-order valence-electron chi connectivity index (χ3n) is 4.66. The first-order chi connectivity index (χ1) is 10.6. The van der Waals surface area contributed by atoms with Crippen LogP contribution < -0.4 is 4.90 Å². The monoisotopic (exact) mass is 298 g/mol. The van der Waals surface area contributed by atoms with Gasteiger partial charge in [0.25, 0.3) is 0 Å². The van der Waals surface area contributed by atoms with Crippen molar-refractivity contribution in [2.45, 2.75) is 52.9 Å². The molecule has 4 heteroatoms. The number of aromatic nitrogens is 3. The summed E-state index contributed by atoms with van der Waals surface area (Å²) in [7, 11) is 2.09. The predicted octanol–water partition coefficient (Wildman–Crippen LogP) is 3.86. The smallest absolute Gasteiger partial charge is 0.158 e. The van der Waals surface area contributed by atoms with Crippen LogP contribution in [-0.2, 0) is 19.9 Å². The number of hydrogen-bond acceptors (Lipinski definition) is 3. The Labute approximate surface area is 133 Å². The Bertz CT molecular complexity index is 652. The fourth-order valence-corrected chi connectivity index (χ4v) is 3.55. The standard InChI is InChI=1S/C18H26N4/c1-5-6-9-16-15-8-7-12-22(18(15)20-21(16)4)17-13(2)10-11-19-14(17)3/h10-11H,5-9,12H2,1-4H3. The first kappa shape index (κ1) is 15.1. The van der Waals surface area contributed by atoms with Gasteiger partial charge in [-0.15, -0.1) is 0 Å². The molecule has 2 aromatic heterocycles. The lowest BCUT2D eigenvalue weighted by atomic mass is 10.0. The minimum atomic E-state index is 1.03. The molecular formula is C18H26N4. The number of anilines is 2. The number of fused-ring (bicyclic) bond motifs is 1. The molecule has 0 atom stereocenters. The molecule has 0 radical (unpaired) electrons. The number of pyridine rings is 1. The molecule has 3 heterocycles. The van der Waals surface area contributed by atoms with E-state index in [1.807, 2.05) is 6.20 Å². The molecule has 4 nitrogen and oxygen atoms in total. The number of nitrogens with zero attached hydrogens (tertiary/aromatic N) is 4. The lowest BCUT2D eigenvalue weighted by Gasteiger charge is -2.30. The summed E-state index contributed by atoms with van der Waals surface area (Å²) < 4.78 is 2.10. The van der Waals surface area contributed by atoms with Gasteiger partial charge in [-0.25, -0.2) is 0 Å². The molecule has 1 aliphatic heterocycles. The Morgan fingerprint density at radius 2 is 2.09 bits per heavy atom. The normalized spacial score (nSPS) is 14.3. The molecule has 0 bridgehead atoms. The number of aryl methyl sites for hydroxylation is 3. The molecule has 1 aliphatic rings. The predicted molar refractivity (Wildman–Crippen MR) is 90.9 cm³/mol. The molecule has 2 aromatic rings. The second-order valence-corrected chi connectivity index (χ2v) is 6.29. The molecule has 118 valence electrons. The first-order valence-electron chi connectivity index (χ1n) is 8.38. The molecule has 3 rings (SSSR count). The van der Waals surface area contributed by atoms with Crippen LogP contribution in [0.2, 0.25) is 0 Å². The van der Waals surface area contributed by atoms with Crippen molar-refractivity contribution in [1.29, 1.82) is 0 Å². The highest BCUT2D eigenvalue weighted by atomic mass is 15.4. The summed E-state index contributed by atoms with van der Waals surface area (Å²) in [6.07, 6.45) is 7.82. The van der Waals surface area contributed by atoms with Gasteiger partial charge in [-0.3, -0.25) is 9.67 Å². The van der Waals surface area contributed by atoms with E-state index in [-0.39, 0.29) is 0 Å². The van der Waals surface area contributed by atoms with Crippen LogP contribution in [0.4, 0.5) is 11.5 Å². The van der Waals surface area contributed by atoms with Gasteiger partial charge < -0.3 is 4.90 Å². The number of hydrogen-bond donors (Lipinski definition) is 0. The lowest BCUT2D eigenvalue weighted by molar-refractivity contribution is 0.673. The quantitative estimate of drug-likeness (QED) is 0.859. The van der Waals surface area contributed by atoms with Crippen LogP contribution in [-0.4, -0.2) is 21.3 Å². The van der Waals surface area contributed by atoms with Crippen LogP contribution in [0, 0.1) is 13.8 Å². The van der Waals surface area contributed by atoms with E-state index in [4.69, 9.17) is 5.10 Å². The summed E-state index contributed by atoms with van der Waals surface area (Å²) in [5, 5.41) is 4.86. The van der Waals surface area contributed by atoms with Crippen molar-refractivity contribution >= 4 is 11.5 Å². The molecule has 0 unspecified atom stereocenters. The van der Waals surface area contributed by atoms with Crippen molar-refractivity contribution in [2.24, 2.45) is 7.05 Å². The summed E-state index contributed by atoms with van der Waals surface area (Å²) in [4.78, 5) is 6.87. The van der Waals surface area contributed by atoms with Crippen molar-refractivity contribution in [3.8, 4) is 0 Å². The van der Waals surface area contributed by atoms with Crippen molar-refractivity contribution in [3.63, 3.8) is 0 Å². The van der Waals surface area contributed by atoms with Crippen molar-refractivity contribution in [2.75, 3.05) is 11.4 Å². The van der Waals surface area contributed by atoms with Gasteiger partial charge in [0.1, 0.15) is 0 Å². The SMILES string of the molecule is CCCCc1c2c(nn1C)N(c1c(C)ccnc1C)CCC2. The maximum Gasteiger partial charge on any atom is 0.158 e. The van der Waals surface area contributed by atoms with Crippen LogP contribution >= 0.6 is 0 Å². The summed E-state index contributed by atoms with van der Waals surface area (Å²) in [5.74, 6) is 1.15. The van der Waals surface area contributed by atoms with Gasteiger partial charge in [0.15, 0.2) is 5.82 Å². The average molecular weight is 298 g/mol. The molecule has 0 amide bonds. The summed E-state index contributed by atoms with van der Waals surface area (Å²) in [6, 6.07) is 2.09. The Kier molecular flexibility index (Phi) is 4.19. The fourth-order valence-electron chi connectivity index (χ4n) is 3.55. The fraction of sp³-hybridized carbons (Fsp3) is 0.556. The second kappa shape index (κ2) is 6.11. The summed E-state index contributed by atoms with van der Waals surface area (Å²) in [5.41, 5.74) is 6.48. The Morgan fingerprint density at radius 3 is 2.82 bits per heavy atom. The topological polar surface area (TPSA) is 34.0 Å². The maximum absolute atomic E-state index is 4.86. The Hall–Kier alpha value is -1.84. The van der Waals surface area contributed by atoms with E-state index in [1.54, 1.807) is 0 Å². The highest BCUT2D eigenvalue weighted by Gasteiger charge is 2.27. The molecular weight excluding hydrogens is 272 g/mol. The largest absolute Gasteiger partial charge is 0.323 e. The van der Waals surface area contributed by atoms with Crippen LogP contribution in [0.5, 0.6) is 0 Å². The van der Waals surface area contributed by atoms with Gasteiger partial charge in [0.05, 0.1) is 11.4 Å². The van der Waals surface area contributed by atoms with Gasteiger partial charge in [-0.2, -0.15) is 5.10 Å². The summed E-state index contributed by atoms with van der Waals surface area (Å²) in [6.45, 7) is 7.54. The molecule has 0 aliphatic carbocycles. The molecule has 0 aromatic carbocycles. The molecule has 0 N–H and O–H groups in total. The third kappa shape index (κ3) is 2.51. The van der Waals surface area contributed by atoms with E-state index in [0.717, 1.165) is 30.9 Å². The summed E-state index contributed by atoms with van der Waals surface area (Å²) >= 11 is 0. The number of rotatable bonds is 4. The third-order valence-corrected chi connectivity index (χ3v) is 4.66. The lowest BCUT2D eigenvalue weighted by Crippen LogP contribution is -2.26. The average Bonchev–Trinajstić information content (AvgIpc) is 2.81. The first-order valence-corrected chi connectivity index (χ1v) is 8.38. The molecule has 0 fully saturated rings. The van der Waals surface area contributed by atoms with E-state index < -0.39 is 0 Å². The highest BCUT2D eigenvalue weighted by Crippen LogP contribution is 2.37. The van der Waals surface area contributed by atoms with Gasteiger partial charge in [-0.05, 0) is 51.2 Å². The van der Waals surface area contributed by atoms with Gasteiger partial charge in [0.2, 0.25) is 0 Å². The minimum Gasteiger partial charge on any atom is -0.323 e. The molecule has 0 saturated heterocycles. The molecule has 0 spiro atoms.